The summed E-state index contributed by atoms with van der Waals surface area (Å²) in [5.41, 5.74) is 0. The average Bonchev–Trinajstić information content (AvgIpc) is 3.08. The van der Waals surface area contributed by atoms with Crippen LogP contribution < -0.4 is 0 Å². The van der Waals surface area contributed by atoms with Gasteiger partial charge < -0.3 is 14.4 Å². The van der Waals surface area contributed by atoms with Crippen molar-refractivity contribution in [2.75, 3.05) is 33.0 Å². The maximum Gasteiger partial charge on any atom is 0.224 e. The molecule has 3 heterocycles. The fourth-order valence-electron chi connectivity index (χ4n) is 3.25. The molecule has 1 amide bonds. The largest absolute Gasteiger partial charge is 0.381 e. The van der Waals surface area contributed by atoms with E-state index < -0.39 is 0 Å². The number of aryl methyl sites for hydroxylation is 1. The molecule has 0 radical (unpaired) electrons. The van der Waals surface area contributed by atoms with E-state index in [2.05, 4.69) is 10.1 Å². The molecule has 0 saturated carbocycles. The second-order valence-electron chi connectivity index (χ2n) is 6.02. The highest BCUT2D eigenvalue weighted by Gasteiger charge is 2.29. The van der Waals surface area contributed by atoms with Crippen LogP contribution in [-0.2, 0) is 20.8 Å². The van der Waals surface area contributed by atoms with Gasteiger partial charge in [-0.2, -0.15) is 5.10 Å². The highest BCUT2D eigenvalue weighted by Crippen LogP contribution is 2.24. The smallest absolute Gasteiger partial charge is 0.224 e. The van der Waals surface area contributed by atoms with Crippen LogP contribution in [0.5, 0.6) is 0 Å². The third kappa shape index (κ3) is 4.04. The molecule has 0 unspecified atom stereocenters. The molecule has 7 nitrogen and oxygen atoms in total. The van der Waals surface area contributed by atoms with Gasteiger partial charge in [0.1, 0.15) is 12.7 Å². The van der Waals surface area contributed by atoms with Crippen molar-refractivity contribution in [3.8, 4) is 0 Å². The molecule has 0 aromatic carbocycles. The van der Waals surface area contributed by atoms with Gasteiger partial charge in [-0.1, -0.05) is 0 Å². The Morgan fingerprint density at radius 1 is 1.23 bits per heavy atom. The van der Waals surface area contributed by atoms with Crippen LogP contribution in [0.15, 0.2) is 12.7 Å². The molecule has 2 aliphatic rings. The van der Waals surface area contributed by atoms with Gasteiger partial charge in [0.2, 0.25) is 5.91 Å². The van der Waals surface area contributed by atoms with E-state index in [1.54, 1.807) is 11.0 Å². The standard InChI is InChI=1S/C15H24N4O3/c20-15(1-4-18-12-16-11-17-18)19-5-8-22-10-14(19)9-13-2-6-21-7-3-13/h11-14H,1-10H2/t14-/m0/s1. The van der Waals surface area contributed by atoms with Crippen molar-refractivity contribution in [2.24, 2.45) is 5.92 Å². The zero-order valence-corrected chi connectivity index (χ0v) is 12.9. The predicted molar refractivity (Wildman–Crippen MR) is 79.1 cm³/mol. The zero-order chi connectivity index (χ0) is 15.2. The number of hydrogen-bond acceptors (Lipinski definition) is 5. The second kappa shape index (κ2) is 7.69. The number of carbonyl (C=O) groups excluding carboxylic acids is 1. The SMILES string of the molecule is O=C(CCn1cncn1)N1CCOC[C@@H]1CC1CCOCC1. The van der Waals surface area contributed by atoms with Crippen LogP contribution in [0, 0.1) is 5.92 Å². The third-order valence-electron chi connectivity index (χ3n) is 4.52. The summed E-state index contributed by atoms with van der Waals surface area (Å²) in [6, 6.07) is 0.208. The second-order valence-corrected chi connectivity index (χ2v) is 6.02. The minimum absolute atomic E-state index is 0.191. The van der Waals surface area contributed by atoms with Crippen LogP contribution in [-0.4, -0.2) is 64.6 Å². The maximum atomic E-state index is 12.5. The maximum absolute atomic E-state index is 12.5. The van der Waals surface area contributed by atoms with Gasteiger partial charge >= 0.3 is 0 Å². The van der Waals surface area contributed by atoms with Crippen LogP contribution in [0.25, 0.3) is 0 Å². The first kappa shape index (κ1) is 15.4. The molecule has 0 bridgehead atoms. The summed E-state index contributed by atoms with van der Waals surface area (Å²) in [5, 5.41) is 4.04. The lowest BCUT2D eigenvalue weighted by Crippen LogP contribution is -2.49. The molecule has 1 atom stereocenters. The average molecular weight is 308 g/mol. The molecule has 7 heteroatoms. The Morgan fingerprint density at radius 3 is 2.86 bits per heavy atom. The van der Waals surface area contributed by atoms with E-state index in [1.165, 1.54) is 6.33 Å². The Balaban J connectivity index is 1.52. The van der Waals surface area contributed by atoms with E-state index >= 15 is 0 Å². The van der Waals surface area contributed by atoms with Gasteiger partial charge in [0.25, 0.3) is 0 Å². The first-order valence-electron chi connectivity index (χ1n) is 8.10. The lowest BCUT2D eigenvalue weighted by atomic mass is 9.91. The van der Waals surface area contributed by atoms with Gasteiger partial charge in [0.15, 0.2) is 0 Å². The van der Waals surface area contributed by atoms with Crippen molar-refractivity contribution < 1.29 is 14.3 Å². The van der Waals surface area contributed by atoms with Crippen LogP contribution in [0.3, 0.4) is 0 Å². The number of nitrogens with zero attached hydrogens (tertiary/aromatic N) is 4. The van der Waals surface area contributed by atoms with Gasteiger partial charge in [-0.05, 0) is 25.2 Å². The molecule has 1 aromatic heterocycles. The van der Waals surface area contributed by atoms with E-state index in [-0.39, 0.29) is 11.9 Å². The van der Waals surface area contributed by atoms with Crippen molar-refractivity contribution in [3.05, 3.63) is 12.7 Å². The number of ether oxygens (including phenoxy) is 2. The molecular weight excluding hydrogens is 284 g/mol. The molecule has 0 spiro atoms. The molecule has 2 fully saturated rings. The highest BCUT2D eigenvalue weighted by atomic mass is 16.5. The van der Waals surface area contributed by atoms with Crippen LogP contribution >= 0.6 is 0 Å². The number of carbonyl (C=O) groups is 1. The van der Waals surface area contributed by atoms with Gasteiger partial charge in [0, 0.05) is 26.2 Å². The Labute approximate surface area is 130 Å². The molecule has 2 saturated heterocycles. The first-order chi connectivity index (χ1) is 10.8. The van der Waals surface area contributed by atoms with Crippen LogP contribution in [0.2, 0.25) is 0 Å². The molecule has 2 aliphatic heterocycles. The Morgan fingerprint density at radius 2 is 2.09 bits per heavy atom. The molecule has 122 valence electrons. The summed E-state index contributed by atoms with van der Waals surface area (Å²) >= 11 is 0. The topological polar surface area (TPSA) is 69.5 Å². The normalized spacial score (nSPS) is 23.6. The number of morpholine rings is 1. The van der Waals surface area contributed by atoms with E-state index in [9.17, 15) is 4.79 Å². The van der Waals surface area contributed by atoms with Gasteiger partial charge in [-0.3, -0.25) is 9.48 Å². The minimum Gasteiger partial charge on any atom is -0.381 e. The summed E-state index contributed by atoms with van der Waals surface area (Å²) in [6.07, 6.45) is 6.82. The van der Waals surface area contributed by atoms with Gasteiger partial charge in [-0.25, -0.2) is 4.98 Å². The fourth-order valence-corrected chi connectivity index (χ4v) is 3.25. The van der Waals surface area contributed by atoms with Crippen molar-refractivity contribution in [1.82, 2.24) is 19.7 Å². The van der Waals surface area contributed by atoms with Crippen molar-refractivity contribution in [2.45, 2.75) is 38.3 Å². The van der Waals surface area contributed by atoms with E-state index in [0.29, 0.717) is 38.6 Å². The molecule has 22 heavy (non-hydrogen) atoms. The predicted octanol–water partition coefficient (Wildman–Crippen LogP) is 0.712. The van der Waals surface area contributed by atoms with Gasteiger partial charge in [-0.15, -0.1) is 0 Å². The summed E-state index contributed by atoms with van der Waals surface area (Å²) in [4.78, 5) is 18.4. The third-order valence-corrected chi connectivity index (χ3v) is 4.52. The van der Waals surface area contributed by atoms with E-state index in [4.69, 9.17) is 9.47 Å². The highest BCUT2D eigenvalue weighted by molar-refractivity contribution is 5.76. The minimum atomic E-state index is 0.191. The molecule has 1 aromatic rings. The number of rotatable bonds is 5. The summed E-state index contributed by atoms with van der Waals surface area (Å²) in [6.45, 7) is 4.27. The lowest BCUT2D eigenvalue weighted by molar-refractivity contribution is -0.141. The number of aromatic nitrogens is 3. The summed E-state index contributed by atoms with van der Waals surface area (Å²) in [5.74, 6) is 0.835. The number of amides is 1. The molecule has 0 N–H and O–H groups in total. The van der Waals surface area contributed by atoms with Crippen molar-refractivity contribution in [1.29, 1.82) is 0 Å². The van der Waals surface area contributed by atoms with E-state index in [0.717, 1.165) is 32.5 Å². The fraction of sp³-hybridized carbons (Fsp3) is 0.800. The Hall–Kier alpha value is -1.47. The zero-order valence-electron chi connectivity index (χ0n) is 12.9. The first-order valence-corrected chi connectivity index (χ1v) is 8.10. The lowest BCUT2D eigenvalue weighted by Gasteiger charge is -2.38. The summed E-state index contributed by atoms with van der Waals surface area (Å²) in [7, 11) is 0. The van der Waals surface area contributed by atoms with Crippen molar-refractivity contribution >= 4 is 5.91 Å². The Kier molecular flexibility index (Phi) is 5.39. The Bertz CT molecular complexity index is 459. The molecule has 0 aliphatic carbocycles. The van der Waals surface area contributed by atoms with Gasteiger partial charge in [0.05, 0.1) is 25.8 Å². The van der Waals surface area contributed by atoms with Crippen LogP contribution in [0.1, 0.15) is 25.7 Å². The molecule has 3 rings (SSSR count). The monoisotopic (exact) mass is 308 g/mol. The van der Waals surface area contributed by atoms with E-state index in [1.807, 2.05) is 4.90 Å². The van der Waals surface area contributed by atoms with Crippen LogP contribution in [0.4, 0.5) is 0 Å². The van der Waals surface area contributed by atoms with Crippen molar-refractivity contribution in [3.63, 3.8) is 0 Å². The quantitative estimate of drug-likeness (QED) is 0.801. The number of hydrogen-bond donors (Lipinski definition) is 0. The molecular formula is C15H24N4O3. The summed E-state index contributed by atoms with van der Waals surface area (Å²) < 4.78 is 12.7.